The maximum Gasteiger partial charge on any atom is 0.321 e. The second-order valence-corrected chi connectivity index (χ2v) is 14.9. The van der Waals surface area contributed by atoms with E-state index in [1.54, 1.807) is 29.2 Å². The van der Waals surface area contributed by atoms with Gasteiger partial charge >= 0.3 is 16.2 Å². The van der Waals surface area contributed by atoms with E-state index in [0.29, 0.717) is 54.8 Å². The molecule has 2 atom stereocenters. The van der Waals surface area contributed by atoms with Gasteiger partial charge in [-0.15, -0.1) is 0 Å². The summed E-state index contributed by atoms with van der Waals surface area (Å²) in [5, 5.41) is 6.53. The zero-order valence-electron chi connectivity index (χ0n) is 24.5. The third-order valence-corrected chi connectivity index (χ3v) is 10.3. The average molecular weight is 736 g/mol. The number of likely N-dealkylation sites (tertiary alicyclic amines) is 2. The van der Waals surface area contributed by atoms with Crippen molar-refractivity contribution in [2.45, 2.75) is 44.4 Å². The number of rotatable bonds is 5. The third kappa shape index (κ3) is 7.65. The molecule has 2 N–H and O–H groups in total. The number of benzene rings is 2. The first-order valence-electron chi connectivity index (χ1n) is 15.0. The molecule has 0 bridgehead atoms. The first-order valence-corrected chi connectivity index (χ1v) is 18.1. The van der Waals surface area contributed by atoms with Crippen LogP contribution in [0.1, 0.15) is 54.0 Å². The molecule has 1 aliphatic carbocycles. The fraction of sp³-hybridized carbons (Fsp3) is 0.406. The number of pyridine rings is 1. The number of hydrogen-bond acceptors (Lipinski definition) is 5. The smallest absolute Gasteiger partial charge is 0.321 e. The summed E-state index contributed by atoms with van der Waals surface area (Å²) in [5.41, 5.74) is 4.55. The summed E-state index contributed by atoms with van der Waals surface area (Å²) in [7, 11) is -4.18. The van der Waals surface area contributed by atoms with Crippen molar-refractivity contribution in [1.82, 2.24) is 14.8 Å². The van der Waals surface area contributed by atoms with Gasteiger partial charge in [0.1, 0.15) is 5.75 Å². The number of para-hydroxylation sites is 1. The van der Waals surface area contributed by atoms with E-state index in [1.165, 1.54) is 5.56 Å². The second kappa shape index (κ2) is 13.6. The highest BCUT2D eigenvalue weighted by Crippen LogP contribution is 2.46. The number of fused-ring (bicyclic) bond motifs is 2. The molecule has 0 radical (unpaired) electrons. The summed E-state index contributed by atoms with van der Waals surface area (Å²) >= 11 is 16.9. The molecule has 2 unspecified atom stereocenters. The Hall–Kier alpha value is -2.70. The Morgan fingerprint density at radius 3 is 2.47 bits per heavy atom. The molecule has 0 saturated carbocycles. The van der Waals surface area contributed by atoms with Crippen LogP contribution in [0.2, 0.25) is 10.0 Å². The van der Waals surface area contributed by atoms with Crippen molar-refractivity contribution in [3.05, 3.63) is 91.6 Å². The first-order chi connectivity index (χ1) is 21.5. The number of piperidine rings is 1. The third-order valence-electron chi connectivity index (χ3n) is 8.96. The Morgan fingerprint density at radius 2 is 1.73 bits per heavy atom. The summed E-state index contributed by atoms with van der Waals surface area (Å²) in [6.45, 7) is 2.26. The predicted octanol–water partition coefficient (Wildman–Crippen LogP) is 5.97. The van der Waals surface area contributed by atoms with Gasteiger partial charge in [-0.05, 0) is 107 Å². The summed E-state index contributed by atoms with van der Waals surface area (Å²) in [5.74, 6) is 0.881. The molecule has 1 aromatic heterocycles. The van der Waals surface area contributed by atoms with Gasteiger partial charge in [0, 0.05) is 59.2 Å². The van der Waals surface area contributed by atoms with Gasteiger partial charge in [0.15, 0.2) is 0 Å². The van der Waals surface area contributed by atoms with Crippen LogP contribution >= 0.6 is 39.1 Å². The van der Waals surface area contributed by atoms with Crippen molar-refractivity contribution in [3.63, 3.8) is 0 Å². The topological polar surface area (TPSA) is 118 Å². The number of nitrogens with zero attached hydrogens (tertiary/aromatic N) is 4. The molecule has 238 valence electrons. The van der Waals surface area contributed by atoms with E-state index in [9.17, 15) is 13.2 Å². The van der Waals surface area contributed by atoms with Crippen LogP contribution in [0, 0.1) is 11.8 Å². The van der Waals surface area contributed by atoms with E-state index in [2.05, 4.69) is 26.4 Å². The number of carbonyl (C=O) groups excluding carboxylic acids is 1. The van der Waals surface area contributed by atoms with Crippen molar-refractivity contribution in [1.29, 1.82) is 0 Å². The second-order valence-electron chi connectivity index (χ2n) is 12.0. The van der Waals surface area contributed by atoms with E-state index in [0.717, 1.165) is 47.0 Å². The van der Waals surface area contributed by atoms with Gasteiger partial charge in [0.05, 0.1) is 5.69 Å². The number of carbonyl (C=O) groups is 1. The van der Waals surface area contributed by atoms with Crippen LogP contribution in [0.4, 0.5) is 0 Å². The van der Waals surface area contributed by atoms with E-state index in [4.69, 9.17) is 38.1 Å². The van der Waals surface area contributed by atoms with E-state index >= 15 is 0 Å². The lowest BCUT2D eigenvalue weighted by molar-refractivity contribution is -0.133. The lowest BCUT2D eigenvalue weighted by atomic mass is 9.76. The lowest BCUT2D eigenvalue weighted by Crippen LogP contribution is -2.41. The van der Waals surface area contributed by atoms with Crippen molar-refractivity contribution in [2.24, 2.45) is 21.4 Å². The molecular formula is C32H34BrCl2N5O4S. The number of amidine groups is 1. The highest BCUT2D eigenvalue weighted by molar-refractivity contribution is 9.10. The molecule has 45 heavy (non-hydrogen) atoms. The molecule has 13 heteroatoms. The predicted molar refractivity (Wildman–Crippen MR) is 179 cm³/mol. The largest absolute Gasteiger partial charge is 0.425 e. The van der Waals surface area contributed by atoms with Crippen LogP contribution in [0.5, 0.6) is 5.75 Å². The quantitative estimate of drug-likeness (QED) is 0.255. The van der Waals surface area contributed by atoms with Gasteiger partial charge in [-0.2, -0.15) is 8.42 Å². The van der Waals surface area contributed by atoms with Crippen molar-refractivity contribution in [3.8, 4) is 5.75 Å². The number of ether oxygens (including phenoxy) is 1. The fourth-order valence-electron chi connectivity index (χ4n) is 6.91. The first kappa shape index (κ1) is 32.2. The highest BCUT2D eigenvalue weighted by Gasteiger charge is 2.37. The summed E-state index contributed by atoms with van der Waals surface area (Å²) < 4.78 is 34.0. The highest BCUT2D eigenvalue weighted by atomic mass is 79.9. The molecule has 2 fully saturated rings. The zero-order valence-corrected chi connectivity index (χ0v) is 28.5. The van der Waals surface area contributed by atoms with Gasteiger partial charge < -0.3 is 14.5 Å². The molecule has 2 aromatic carbocycles. The summed E-state index contributed by atoms with van der Waals surface area (Å²) in [6, 6.07) is 14.8. The van der Waals surface area contributed by atoms with Crippen LogP contribution in [0.25, 0.3) is 0 Å². The van der Waals surface area contributed by atoms with Crippen LogP contribution in [0.3, 0.4) is 0 Å². The SMILES string of the molecule is NS(=O)(=O)N=C(Oc1ccccc1)N1CCC(CC(=O)N2CCC(C3c4ncc(Br)cc4CCc4cc(Cl)cc(Cl)c43)CC2)C1. The number of amides is 1. The number of hydrogen-bond donors (Lipinski definition) is 1. The fourth-order valence-corrected chi connectivity index (χ4v) is 8.31. The van der Waals surface area contributed by atoms with E-state index < -0.39 is 10.2 Å². The molecule has 9 nitrogen and oxygen atoms in total. The molecule has 3 aromatic rings. The minimum Gasteiger partial charge on any atom is -0.425 e. The Kier molecular flexibility index (Phi) is 9.73. The number of halogens is 3. The maximum atomic E-state index is 13.5. The average Bonchev–Trinajstić information content (AvgIpc) is 3.39. The summed E-state index contributed by atoms with van der Waals surface area (Å²) in [6.07, 6.45) is 6.29. The minimum absolute atomic E-state index is 0.0251. The molecule has 3 aliphatic rings. The molecule has 2 aliphatic heterocycles. The van der Waals surface area contributed by atoms with Crippen molar-refractivity contribution >= 4 is 61.3 Å². The number of aromatic nitrogens is 1. The molecule has 0 spiro atoms. The normalized spacial score (nSPS) is 20.8. The van der Waals surface area contributed by atoms with Crippen LogP contribution in [0.15, 0.2) is 63.6 Å². The van der Waals surface area contributed by atoms with Crippen LogP contribution < -0.4 is 9.88 Å². The van der Waals surface area contributed by atoms with Crippen molar-refractivity contribution in [2.75, 3.05) is 26.2 Å². The molecule has 3 heterocycles. The van der Waals surface area contributed by atoms with Gasteiger partial charge in [-0.3, -0.25) is 9.78 Å². The van der Waals surface area contributed by atoms with Crippen LogP contribution in [-0.2, 0) is 27.8 Å². The molecular weight excluding hydrogens is 701 g/mol. The number of aryl methyl sites for hydroxylation is 2. The number of nitrogens with two attached hydrogens (primary N) is 1. The molecule has 1 amide bonds. The zero-order chi connectivity index (χ0) is 31.7. The van der Waals surface area contributed by atoms with Gasteiger partial charge in [-0.25, -0.2) is 5.14 Å². The Balaban J connectivity index is 1.12. The Bertz CT molecular complexity index is 1720. The Morgan fingerprint density at radius 1 is 1.02 bits per heavy atom. The molecule has 2 saturated heterocycles. The lowest BCUT2D eigenvalue weighted by Gasteiger charge is -2.37. The minimum atomic E-state index is -4.18. The van der Waals surface area contributed by atoms with E-state index in [1.807, 2.05) is 29.3 Å². The summed E-state index contributed by atoms with van der Waals surface area (Å²) in [4.78, 5) is 22.1. The van der Waals surface area contributed by atoms with Gasteiger partial charge in [-0.1, -0.05) is 45.8 Å². The maximum absolute atomic E-state index is 13.5. The molecule has 6 rings (SSSR count). The standard InChI is InChI=1S/C32H34BrCl2N5O4S/c33-24-15-23-7-6-22-16-25(34)17-27(35)29(22)30(31(23)37-18-24)21-9-12-39(13-10-21)28(41)14-20-8-11-40(19-20)32(38-45(36,42)43)44-26-4-2-1-3-5-26/h1-5,15-18,20-21,30H,6-14,19H2,(H2,36,42,43). The van der Waals surface area contributed by atoms with Gasteiger partial charge in [0.2, 0.25) is 5.91 Å². The van der Waals surface area contributed by atoms with Gasteiger partial charge in [0.25, 0.3) is 0 Å². The van der Waals surface area contributed by atoms with E-state index in [-0.39, 0.29) is 29.7 Å². The Labute approximate surface area is 282 Å². The van der Waals surface area contributed by atoms with Crippen molar-refractivity contribution < 1.29 is 17.9 Å². The van der Waals surface area contributed by atoms with Crippen LogP contribution in [-0.4, -0.2) is 61.3 Å². The monoisotopic (exact) mass is 733 g/mol.